The van der Waals surface area contributed by atoms with Gasteiger partial charge in [0.05, 0.1) is 17.0 Å². The quantitative estimate of drug-likeness (QED) is 0.345. The number of amides is 2. The number of rotatable bonds is 13. The normalized spacial score (nSPS) is 12.2. The molecule has 1 atom stereocenters. The molecule has 0 heterocycles. The Bertz CT molecular complexity index is 1140. The zero-order valence-corrected chi connectivity index (χ0v) is 23.6. The molecule has 0 fully saturated rings. The highest BCUT2D eigenvalue weighted by Crippen LogP contribution is 2.31. The second-order valence-electron chi connectivity index (χ2n) is 8.86. The van der Waals surface area contributed by atoms with Gasteiger partial charge in [0.15, 0.2) is 0 Å². The molecule has 0 aliphatic carbocycles. The lowest BCUT2D eigenvalue weighted by molar-refractivity contribution is -0.140. The first-order chi connectivity index (χ1) is 16.9. The maximum absolute atomic E-state index is 13.3. The number of anilines is 1. The summed E-state index contributed by atoms with van der Waals surface area (Å²) in [6, 6.07) is 11.7. The number of benzene rings is 2. The van der Waals surface area contributed by atoms with Crippen LogP contribution in [0.2, 0.25) is 10.0 Å². The summed E-state index contributed by atoms with van der Waals surface area (Å²) < 4.78 is 26.1. The molecule has 0 spiro atoms. The van der Waals surface area contributed by atoms with Crippen LogP contribution in [0.25, 0.3) is 0 Å². The molecule has 1 unspecified atom stereocenters. The van der Waals surface area contributed by atoms with Gasteiger partial charge < -0.3 is 10.2 Å². The van der Waals surface area contributed by atoms with Gasteiger partial charge in [0.25, 0.3) is 0 Å². The van der Waals surface area contributed by atoms with Gasteiger partial charge in [-0.25, -0.2) is 8.42 Å². The van der Waals surface area contributed by atoms with Crippen molar-refractivity contribution >= 4 is 50.7 Å². The minimum Gasteiger partial charge on any atom is -0.354 e. The molecule has 2 aromatic carbocycles. The number of nitrogens with one attached hydrogen (secondary N) is 1. The summed E-state index contributed by atoms with van der Waals surface area (Å²) in [7, 11) is -3.67. The Labute approximate surface area is 224 Å². The highest BCUT2D eigenvalue weighted by atomic mass is 35.5. The predicted octanol–water partition coefficient (Wildman–Crippen LogP) is 5.18. The average molecular weight is 557 g/mol. The smallest absolute Gasteiger partial charge is 0.242 e. The zero-order valence-electron chi connectivity index (χ0n) is 21.3. The molecule has 0 bridgehead atoms. The van der Waals surface area contributed by atoms with E-state index in [1.807, 2.05) is 38.1 Å². The molecule has 0 aliphatic heterocycles. The summed E-state index contributed by atoms with van der Waals surface area (Å²) in [5.74, 6) is -0.452. The third-order valence-electron chi connectivity index (χ3n) is 5.80. The van der Waals surface area contributed by atoms with E-state index in [4.69, 9.17) is 23.2 Å². The summed E-state index contributed by atoms with van der Waals surface area (Å²) in [6.07, 6.45) is 3.19. The lowest BCUT2D eigenvalue weighted by Gasteiger charge is -2.29. The number of nitrogens with zero attached hydrogens (tertiary/aromatic N) is 2. The molecule has 2 rings (SSSR count). The van der Waals surface area contributed by atoms with E-state index in [1.54, 1.807) is 17.9 Å². The standard InChI is InChI=1S/C26H35Cl2N3O4S/c1-5-6-15-29-26(33)20(3)30(18-21-11-9-19(2)10-12-21)25(32)8-7-16-31(36(4,34)35)24-17-22(27)13-14-23(24)28/h9-14,17,20H,5-8,15-16,18H2,1-4H3,(H,29,33). The van der Waals surface area contributed by atoms with Crippen molar-refractivity contribution in [1.29, 1.82) is 0 Å². The second kappa shape index (κ2) is 13.9. The van der Waals surface area contributed by atoms with Crippen molar-refractivity contribution in [3.8, 4) is 0 Å². The molecule has 0 saturated heterocycles. The number of sulfonamides is 1. The Balaban J connectivity index is 2.17. The summed E-state index contributed by atoms with van der Waals surface area (Å²) >= 11 is 12.3. The SMILES string of the molecule is CCCCNC(=O)C(C)N(Cc1ccc(C)cc1)C(=O)CCCN(c1cc(Cl)ccc1Cl)S(C)(=O)=O. The lowest BCUT2D eigenvalue weighted by atomic mass is 10.1. The molecular formula is C26H35Cl2N3O4S. The van der Waals surface area contributed by atoms with E-state index < -0.39 is 16.1 Å². The Morgan fingerprint density at radius 2 is 1.72 bits per heavy atom. The first-order valence-corrected chi connectivity index (χ1v) is 14.6. The zero-order chi connectivity index (χ0) is 26.9. The number of hydrogen-bond acceptors (Lipinski definition) is 4. The third kappa shape index (κ3) is 8.98. The van der Waals surface area contributed by atoms with Crippen LogP contribution in [0, 0.1) is 6.92 Å². The van der Waals surface area contributed by atoms with Gasteiger partial charge in [-0.05, 0) is 50.5 Å². The van der Waals surface area contributed by atoms with Crippen molar-refractivity contribution in [1.82, 2.24) is 10.2 Å². The lowest BCUT2D eigenvalue weighted by Crippen LogP contribution is -2.48. The largest absolute Gasteiger partial charge is 0.354 e. The van der Waals surface area contributed by atoms with Gasteiger partial charge in [-0.1, -0.05) is 66.4 Å². The molecule has 7 nitrogen and oxygen atoms in total. The van der Waals surface area contributed by atoms with Crippen molar-refractivity contribution in [3.05, 3.63) is 63.6 Å². The van der Waals surface area contributed by atoms with Gasteiger partial charge in [-0.15, -0.1) is 0 Å². The Hall–Kier alpha value is -2.29. The Morgan fingerprint density at radius 1 is 1.06 bits per heavy atom. The van der Waals surface area contributed by atoms with Gasteiger partial charge in [0.1, 0.15) is 6.04 Å². The monoisotopic (exact) mass is 555 g/mol. The number of halogens is 2. The first kappa shape index (κ1) is 29.9. The number of hydrogen-bond donors (Lipinski definition) is 1. The molecule has 198 valence electrons. The van der Waals surface area contributed by atoms with E-state index in [0.29, 0.717) is 11.6 Å². The molecule has 2 aromatic rings. The summed E-state index contributed by atoms with van der Waals surface area (Å²) in [5.41, 5.74) is 2.27. The average Bonchev–Trinajstić information content (AvgIpc) is 2.82. The van der Waals surface area contributed by atoms with Crippen LogP contribution in [0.4, 0.5) is 5.69 Å². The summed E-state index contributed by atoms with van der Waals surface area (Å²) in [6.45, 7) is 6.60. The number of carbonyl (C=O) groups is 2. The van der Waals surface area contributed by atoms with E-state index >= 15 is 0 Å². The molecule has 2 amide bonds. The Kier molecular flexibility index (Phi) is 11.5. The van der Waals surface area contributed by atoms with Crippen molar-refractivity contribution in [2.75, 3.05) is 23.7 Å². The third-order valence-corrected chi connectivity index (χ3v) is 7.53. The minimum atomic E-state index is -3.67. The van der Waals surface area contributed by atoms with Gasteiger partial charge >= 0.3 is 0 Å². The molecule has 0 radical (unpaired) electrons. The molecule has 0 aromatic heterocycles. The van der Waals surface area contributed by atoms with E-state index in [2.05, 4.69) is 5.32 Å². The molecule has 0 aliphatic rings. The highest BCUT2D eigenvalue weighted by molar-refractivity contribution is 7.92. The Morgan fingerprint density at radius 3 is 2.33 bits per heavy atom. The van der Waals surface area contributed by atoms with Crippen LogP contribution in [0.1, 0.15) is 50.7 Å². The summed E-state index contributed by atoms with van der Waals surface area (Å²) in [5, 5.41) is 3.49. The van der Waals surface area contributed by atoms with Gasteiger partial charge in [-0.2, -0.15) is 0 Å². The van der Waals surface area contributed by atoms with Crippen LogP contribution in [0.15, 0.2) is 42.5 Å². The van der Waals surface area contributed by atoms with Crippen LogP contribution < -0.4 is 9.62 Å². The number of unbranched alkanes of at least 4 members (excludes halogenated alkanes) is 1. The van der Waals surface area contributed by atoms with Gasteiger partial charge in [-0.3, -0.25) is 13.9 Å². The second-order valence-corrected chi connectivity index (χ2v) is 11.6. The van der Waals surface area contributed by atoms with E-state index in [0.717, 1.165) is 34.5 Å². The fourth-order valence-corrected chi connectivity index (χ4v) is 5.07. The molecule has 10 heteroatoms. The van der Waals surface area contributed by atoms with Crippen molar-refractivity contribution in [2.24, 2.45) is 0 Å². The van der Waals surface area contributed by atoms with E-state index in [1.165, 1.54) is 12.1 Å². The van der Waals surface area contributed by atoms with Crippen LogP contribution in [-0.2, 0) is 26.2 Å². The first-order valence-electron chi connectivity index (χ1n) is 12.0. The maximum atomic E-state index is 13.3. The molecule has 1 N–H and O–H groups in total. The fraction of sp³-hybridized carbons (Fsp3) is 0.462. The highest BCUT2D eigenvalue weighted by Gasteiger charge is 2.27. The van der Waals surface area contributed by atoms with Gasteiger partial charge in [0, 0.05) is 31.1 Å². The van der Waals surface area contributed by atoms with Crippen LogP contribution in [0.3, 0.4) is 0 Å². The van der Waals surface area contributed by atoms with E-state index in [-0.39, 0.29) is 48.5 Å². The van der Waals surface area contributed by atoms with Crippen molar-refractivity contribution in [3.63, 3.8) is 0 Å². The van der Waals surface area contributed by atoms with Gasteiger partial charge in [0.2, 0.25) is 21.8 Å². The maximum Gasteiger partial charge on any atom is 0.242 e. The van der Waals surface area contributed by atoms with E-state index in [9.17, 15) is 18.0 Å². The molecule has 36 heavy (non-hydrogen) atoms. The van der Waals surface area contributed by atoms with Crippen molar-refractivity contribution in [2.45, 2.75) is 59.0 Å². The van der Waals surface area contributed by atoms with Crippen molar-refractivity contribution < 1.29 is 18.0 Å². The molecular weight excluding hydrogens is 521 g/mol. The summed E-state index contributed by atoms with van der Waals surface area (Å²) in [4.78, 5) is 27.6. The van der Waals surface area contributed by atoms with Crippen LogP contribution in [0.5, 0.6) is 0 Å². The number of carbonyl (C=O) groups excluding carboxylic acids is 2. The predicted molar refractivity (Wildman–Crippen MR) is 147 cm³/mol. The minimum absolute atomic E-state index is 0.0418. The molecule has 0 saturated carbocycles. The van der Waals surface area contributed by atoms with Crippen LogP contribution in [-0.4, -0.2) is 50.5 Å². The fourth-order valence-electron chi connectivity index (χ4n) is 3.67. The number of aryl methyl sites for hydroxylation is 1. The van der Waals surface area contributed by atoms with Crippen LogP contribution >= 0.6 is 23.2 Å². The topological polar surface area (TPSA) is 86.8 Å².